The zero-order valence-electron chi connectivity index (χ0n) is 15.9. The molecule has 2 rings (SSSR count). The highest BCUT2D eigenvalue weighted by atomic mass is 32.1. The molecule has 0 aliphatic heterocycles. The van der Waals surface area contributed by atoms with Crippen LogP contribution in [-0.4, -0.2) is 38.6 Å². The van der Waals surface area contributed by atoms with Gasteiger partial charge in [0.25, 0.3) is 5.91 Å². The van der Waals surface area contributed by atoms with Gasteiger partial charge in [0, 0.05) is 19.7 Å². The van der Waals surface area contributed by atoms with Gasteiger partial charge < -0.3 is 25.3 Å². The van der Waals surface area contributed by atoms with Crippen molar-refractivity contribution < 1.29 is 28.6 Å². The first-order chi connectivity index (χ1) is 13.4. The Hall–Kier alpha value is -2.91. The number of amides is 1. The number of hydrogen-bond acceptors (Lipinski definition) is 8. The third kappa shape index (κ3) is 4.87. The van der Waals surface area contributed by atoms with Crippen molar-refractivity contribution in [2.24, 2.45) is 0 Å². The minimum atomic E-state index is -0.667. The summed E-state index contributed by atoms with van der Waals surface area (Å²) in [4.78, 5) is 37.0. The Morgan fingerprint density at radius 3 is 2.54 bits per heavy atom. The van der Waals surface area contributed by atoms with E-state index >= 15 is 0 Å². The van der Waals surface area contributed by atoms with Crippen molar-refractivity contribution in [1.29, 1.82) is 0 Å². The molecule has 0 radical (unpaired) electrons. The van der Waals surface area contributed by atoms with Crippen molar-refractivity contribution >= 4 is 34.2 Å². The molecule has 0 spiro atoms. The molecule has 0 unspecified atom stereocenters. The maximum absolute atomic E-state index is 12.4. The first-order valence-electron chi connectivity index (χ1n) is 8.48. The lowest BCUT2D eigenvalue weighted by Gasteiger charge is -2.09. The molecule has 8 nitrogen and oxygen atoms in total. The number of esters is 2. The first kappa shape index (κ1) is 21.4. The third-order valence-electron chi connectivity index (χ3n) is 3.77. The number of nitrogen functional groups attached to an aromatic ring is 1. The minimum Gasteiger partial charge on any atom is -0.462 e. The van der Waals surface area contributed by atoms with Gasteiger partial charge in [-0.2, -0.15) is 0 Å². The Morgan fingerprint density at radius 2 is 1.89 bits per heavy atom. The third-order valence-corrected chi connectivity index (χ3v) is 4.83. The highest BCUT2D eigenvalue weighted by molar-refractivity contribution is 7.18. The Balaban J connectivity index is 2.29. The molecule has 150 valence electrons. The van der Waals surface area contributed by atoms with E-state index in [0.717, 1.165) is 16.9 Å². The molecule has 1 aromatic heterocycles. The lowest BCUT2D eigenvalue weighted by atomic mass is 10.1. The summed E-state index contributed by atoms with van der Waals surface area (Å²) in [6.45, 7) is 1.87. The van der Waals surface area contributed by atoms with Crippen molar-refractivity contribution in [2.45, 2.75) is 20.1 Å². The molecule has 0 aliphatic rings. The van der Waals surface area contributed by atoms with Crippen molar-refractivity contribution in [3.05, 3.63) is 51.4 Å². The van der Waals surface area contributed by atoms with Gasteiger partial charge in [-0.3, -0.25) is 4.79 Å². The predicted octanol–water partition coefficient (Wildman–Crippen LogP) is 2.37. The first-order valence-corrected chi connectivity index (χ1v) is 9.29. The average molecular weight is 406 g/mol. The van der Waals surface area contributed by atoms with Crippen LogP contribution in [0.5, 0.6) is 0 Å². The number of ether oxygens (including phenoxy) is 3. The monoisotopic (exact) mass is 406 g/mol. The van der Waals surface area contributed by atoms with E-state index in [-0.39, 0.29) is 34.2 Å². The second-order valence-corrected chi connectivity index (χ2v) is 6.71. The summed E-state index contributed by atoms with van der Waals surface area (Å²) >= 11 is 0.941. The number of nitrogens with one attached hydrogen (secondary N) is 1. The predicted molar refractivity (Wildman–Crippen MR) is 104 cm³/mol. The molecule has 3 N–H and O–H groups in total. The minimum absolute atomic E-state index is 0.0476. The van der Waals surface area contributed by atoms with E-state index in [1.54, 1.807) is 32.2 Å². The second-order valence-electron chi connectivity index (χ2n) is 5.66. The maximum atomic E-state index is 12.4. The highest BCUT2D eigenvalue weighted by Crippen LogP contribution is 2.32. The van der Waals surface area contributed by atoms with E-state index in [0.29, 0.717) is 12.2 Å². The summed E-state index contributed by atoms with van der Waals surface area (Å²) < 4.78 is 15.4. The number of benzene rings is 1. The summed E-state index contributed by atoms with van der Waals surface area (Å²) in [5.74, 6) is -1.69. The van der Waals surface area contributed by atoms with Crippen molar-refractivity contribution in [3.63, 3.8) is 0 Å². The standard InChI is InChI=1S/C19H22N2O6S/c1-4-26-19(24)14-13(15(17(22)21-2)28-16(14)20)10-27-18(23)12-7-5-6-11(8-12)9-25-3/h5-8H,4,9-10,20H2,1-3H3,(H,21,22). The summed E-state index contributed by atoms with van der Waals surface area (Å²) in [5.41, 5.74) is 7.34. The molecule has 1 heterocycles. The molecule has 0 aliphatic carbocycles. The average Bonchev–Trinajstić information content (AvgIpc) is 3.02. The Morgan fingerprint density at radius 1 is 1.14 bits per heavy atom. The van der Waals surface area contributed by atoms with E-state index in [1.165, 1.54) is 7.05 Å². The lowest BCUT2D eigenvalue weighted by molar-refractivity contribution is 0.0449. The van der Waals surface area contributed by atoms with Crippen LogP contribution in [0.3, 0.4) is 0 Å². The van der Waals surface area contributed by atoms with Crippen LogP contribution in [0.2, 0.25) is 0 Å². The number of methoxy groups -OCH3 is 1. The van der Waals surface area contributed by atoms with Gasteiger partial charge in [-0.15, -0.1) is 11.3 Å². The molecule has 0 atom stereocenters. The molecule has 0 saturated carbocycles. The van der Waals surface area contributed by atoms with Gasteiger partial charge in [-0.05, 0) is 24.6 Å². The molecule has 28 heavy (non-hydrogen) atoms. The fourth-order valence-corrected chi connectivity index (χ4v) is 3.53. The molecule has 1 aromatic carbocycles. The fraction of sp³-hybridized carbons (Fsp3) is 0.316. The van der Waals surface area contributed by atoms with E-state index in [2.05, 4.69) is 5.32 Å². The molecule has 0 bridgehead atoms. The van der Waals surface area contributed by atoms with Gasteiger partial charge in [0.15, 0.2) is 0 Å². The largest absolute Gasteiger partial charge is 0.462 e. The van der Waals surface area contributed by atoms with Gasteiger partial charge in [-0.25, -0.2) is 9.59 Å². The zero-order valence-corrected chi connectivity index (χ0v) is 16.7. The Kier molecular flexibility index (Phi) is 7.53. The number of anilines is 1. The fourth-order valence-electron chi connectivity index (χ4n) is 2.52. The van der Waals surface area contributed by atoms with Crippen LogP contribution >= 0.6 is 11.3 Å². The highest BCUT2D eigenvalue weighted by Gasteiger charge is 2.27. The van der Waals surface area contributed by atoms with Crippen molar-refractivity contribution in [1.82, 2.24) is 5.32 Å². The molecule has 9 heteroatoms. The summed E-state index contributed by atoms with van der Waals surface area (Å²) in [6.07, 6.45) is 0. The van der Waals surface area contributed by atoms with Crippen LogP contribution in [0, 0.1) is 0 Å². The van der Waals surface area contributed by atoms with Crippen LogP contribution < -0.4 is 11.1 Å². The van der Waals surface area contributed by atoms with Crippen LogP contribution in [0.1, 0.15) is 48.4 Å². The smallest absolute Gasteiger partial charge is 0.341 e. The number of rotatable bonds is 8. The number of carbonyl (C=O) groups is 3. The molecular formula is C19H22N2O6S. The zero-order chi connectivity index (χ0) is 20.7. The Bertz CT molecular complexity index is 877. The molecule has 0 saturated heterocycles. The second kappa shape index (κ2) is 9.86. The van der Waals surface area contributed by atoms with Gasteiger partial charge in [0.2, 0.25) is 0 Å². The number of nitrogens with two attached hydrogens (primary N) is 1. The molecule has 2 aromatic rings. The van der Waals surface area contributed by atoms with Crippen LogP contribution in [0.15, 0.2) is 24.3 Å². The quantitative estimate of drug-likeness (QED) is 0.646. The lowest BCUT2D eigenvalue weighted by Crippen LogP contribution is -2.19. The van der Waals surface area contributed by atoms with Gasteiger partial charge >= 0.3 is 11.9 Å². The molecule has 1 amide bonds. The number of thiophene rings is 1. The van der Waals surface area contributed by atoms with Gasteiger partial charge in [0.1, 0.15) is 22.0 Å². The van der Waals surface area contributed by atoms with E-state index < -0.39 is 17.8 Å². The van der Waals surface area contributed by atoms with Crippen LogP contribution in [-0.2, 0) is 27.4 Å². The summed E-state index contributed by atoms with van der Waals surface area (Å²) in [7, 11) is 3.02. The maximum Gasteiger partial charge on any atom is 0.341 e. The summed E-state index contributed by atoms with van der Waals surface area (Å²) in [5, 5.41) is 2.61. The van der Waals surface area contributed by atoms with E-state index in [9.17, 15) is 14.4 Å². The van der Waals surface area contributed by atoms with Crippen LogP contribution in [0.4, 0.5) is 5.00 Å². The Labute approximate surface area is 166 Å². The molecule has 0 fully saturated rings. The van der Waals surface area contributed by atoms with E-state index in [1.807, 2.05) is 6.07 Å². The molecular weight excluding hydrogens is 384 g/mol. The van der Waals surface area contributed by atoms with Crippen molar-refractivity contribution in [2.75, 3.05) is 26.5 Å². The topological polar surface area (TPSA) is 117 Å². The number of hydrogen-bond donors (Lipinski definition) is 2. The number of carbonyl (C=O) groups excluding carboxylic acids is 3. The van der Waals surface area contributed by atoms with Gasteiger partial charge in [-0.1, -0.05) is 12.1 Å². The van der Waals surface area contributed by atoms with Crippen LogP contribution in [0.25, 0.3) is 0 Å². The van der Waals surface area contributed by atoms with Crippen molar-refractivity contribution in [3.8, 4) is 0 Å². The van der Waals surface area contributed by atoms with Gasteiger partial charge in [0.05, 0.1) is 18.8 Å². The van der Waals surface area contributed by atoms with E-state index in [4.69, 9.17) is 19.9 Å². The summed E-state index contributed by atoms with van der Waals surface area (Å²) in [6, 6.07) is 6.80. The normalized spacial score (nSPS) is 10.4. The SMILES string of the molecule is CCOC(=O)c1c(N)sc(C(=O)NC)c1COC(=O)c1cccc(COC)c1.